The zero-order valence-corrected chi connectivity index (χ0v) is 18.5. The number of anilines is 3. The Morgan fingerprint density at radius 1 is 1.28 bits per heavy atom. The van der Waals surface area contributed by atoms with Gasteiger partial charge in [-0.05, 0) is 30.9 Å². The molecule has 0 bridgehead atoms. The molecular formula is C21H24F2N6O2S. The van der Waals surface area contributed by atoms with Crippen molar-refractivity contribution in [2.75, 3.05) is 29.0 Å². The summed E-state index contributed by atoms with van der Waals surface area (Å²) in [6, 6.07) is 3.50. The number of hydrogen-bond donors (Lipinski definition) is 3. The number of thiazole rings is 1. The number of aromatic nitrogens is 3. The summed E-state index contributed by atoms with van der Waals surface area (Å²) in [5.41, 5.74) is 6.00. The van der Waals surface area contributed by atoms with E-state index in [0.717, 1.165) is 29.9 Å². The number of aryl methyl sites for hydroxylation is 1. The van der Waals surface area contributed by atoms with Gasteiger partial charge in [0.1, 0.15) is 27.3 Å². The third-order valence-electron chi connectivity index (χ3n) is 5.71. The smallest absolute Gasteiger partial charge is 0.277 e. The van der Waals surface area contributed by atoms with Crippen molar-refractivity contribution in [2.24, 2.45) is 13.0 Å². The first-order valence-electron chi connectivity index (χ1n) is 10.2. The molecule has 2 aromatic heterocycles. The Hall–Kier alpha value is -3.05. The Bertz CT molecular complexity index is 1120. The third kappa shape index (κ3) is 4.17. The van der Waals surface area contributed by atoms with Crippen LogP contribution in [0.15, 0.2) is 24.4 Å². The Labute approximate surface area is 187 Å². The third-order valence-corrected chi connectivity index (χ3v) is 6.61. The van der Waals surface area contributed by atoms with Crippen LogP contribution in [-0.2, 0) is 7.05 Å². The monoisotopic (exact) mass is 462 g/mol. The Morgan fingerprint density at radius 3 is 2.69 bits per heavy atom. The fourth-order valence-electron chi connectivity index (χ4n) is 3.83. The number of carbonyl (C=O) groups excluding carboxylic acids is 1. The maximum absolute atomic E-state index is 14.1. The number of nitrogens with two attached hydrogens (primary N) is 1. The second-order valence-corrected chi connectivity index (χ2v) is 8.93. The van der Waals surface area contributed by atoms with Crippen molar-refractivity contribution in [3.63, 3.8) is 0 Å². The van der Waals surface area contributed by atoms with Gasteiger partial charge >= 0.3 is 0 Å². The minimum atomic E-state index is -0.780. The van der Waals surface area contributed by atoms with E-state index in [1.54, 1.807) is 11.7 Å². The van der Waals surface area contributed by atoms with Gasteiger partial charge in [0.25, 0.3) is 5.91 Å². The van der Waals surface area contributed by atoms with Crippen LogP contribution in [0.25, 0.3) is 10.6 Å². The lowest BCUT2D eigenvalue weighted by atomic mass is 10.0. The number of amides is 1. The predicted molar refractivity (Wildman–Crippen MR) is 120 cm³/mol. The molecule has 0 spiro atoms. The molecule has 1 fully saturated rings. The zero-order chi connectivity index (χ0) is 23.0. The quantitative estimate of drug-likeness (QED) is 0.549. The topological polar surface area (TPSA) is 109 Å². The summed E-state index contributed by atoms with van der Waals surface area (Å²) >= 11 is 0.842. The lowest BCUT2D eigenvalue weighted by Crippen LogP contribution is -2.28. The second-order valence-electron chi connectivity index (χ2n) is 7.90. The zero-order valence-electron chi connectivity index (χ0n) is 17.7. The summed E-state index contributed by atoms with van der Waals surface area (Å²) in [6.07, 6.45) is 2.56. The largest absolute Gasteiger partial charge is 0.393 e. The van der Waals surface area contributed by atoms with Crippen LogP contribution in [0.3, 0.4) is 0 Å². The van der Waals surface area contributed by atoms with Crippen LogP contribution < -0.4 is 16.0 Å². The Morgan fingerprint density at radius 2 is 1.97 bits per heavy atom. The Balaban J connectivity index is 1.59. The molecule has 0 unspecified atom stereocenters. The highest BCUT2D eigenvalue weighted by atomic mass is 32.1. The minimum absolute atomic E-state index is 0.00912. The van der Waals surface area contributed by atoms with E-state index in [9.17, 15) is 18.7 Å². The highest BCUT2D eigenvalue weighted by molar-refractivity contribution is 7.19. The van der Waals surface area contributed by atoms with Gasteiger partial charge in [0.15, 0.2) is 11.5 Å². The van der Waals surface area contributed by atoms with Crippen LogP contribution in [0.4, 0.5) is 25.3 Å². The van der Waals surface area contributed by atoms with Crippen molar-refractivity contribution in [3.05, 3.63) is 41.7 Å². The van der Waals surface area contributed by atoms with Crippen molar-refractivity contribution < 1.29 is 18.7 Å². The summed E-state index contributed by atoms with van der Waals surface area (Å²) in [5.74, 6) is -1.28. The van der Waals surface area contributed by atoms with Crippen LogP contribution >= 0.6 is 11.3 Å². The summed E-state index contributed by atoms with van der Waals surface area (Å²) in [4.78, 5) is 19.1. The van der Waals surface area contributed by atoms with E-state index in [2.05, 4.69) is 20.3 Å². The van der Waals surface area contributed by atoms with Gasteiger partial charge in [-0.25, -0.2) is 13.8 Å². The normalized spacial score (nSPS) is 19.1. The van der Waals surface area contributed by atoms with Crippen LogP contribution in [0.1, 0.15) is 30.3 Å². The van der Waals surface area contributed by atoms with Crippen molar-refractivity contribution in [1.82, 2.24) is 14.8 Å². The molecule has 4 N–H and O–H groups in total. The van der Waals surface area contributed by atoms with E-state index in [1.165, 1.54) is 12.3 Å². The van der Waals surface area contributed by atoms with Gasteiger partial charge in [-0.2, -0.15) is 5.10 Å². The molecule has 170 valence electrons. The molecule has 1 aliphatic heterocycles. The predicted octanol–water partition coefficient (Wildman–Crippen LogP) is 3.25. The van der Waals surface area contributed by atoms with Crippen molar-refractivity contribution >= 4 is 33.8 Å². The second kappa shape index (κ2) is 8.83. The van der Waals surface area contributed by atoms with E-state index in [4.69, 9.17) is 5.73 Å². The number of nitrogens with one attached hydrogen (secondary N) is 1. The van der Waals surface area contributed by atoms with E-state index >= 15 is 0 Å². The lowest BCUT2D eigenvalue weighted by molar-refractivity contribution is 0.102. The van der Waals surface area contributed by atoms with Gasteiger partial charge in [0.05, 0.1) is 17.9 Å². The van der Waals surface area contributed by atoms with Crippen LogP contribution in [0.5, 0.6) is 0 Å². The number of rotatable bonds is 4. The molecule has 1 amide bonds. The maximum atomic E-state index is 14.1. The average molecular weight is 463 g/mol. The molecule has 0 radical (unpaired) electrons. The van der Waals surface area contributed by atoms with Crippen LogP contribution in [-0.4, -0.2) is 45.0 Å². The number of carbonyl (C=O) groups is 1. The summed E-state index contributed by atoms with van der Waals surface area (Å²) in [6.45, 7) is 3.33. The Kier molecular flexibility index (Phi) is 6.11. The molecule has 1 aromatic carbocycles. The van der Waals surface area contributed by atoms with Gasteiger partial charge in [-0.1, -0.05) is 24.3 Å². The first-order valence-corrected chi connectivity index (χ1v) is 11.0. The number of halogens is 2. The van der Waals surface area contributed by atoms with Crippen molar-refractivity contribution in [3.8, 4) is 10.6 Å². The number of hydrogen-bond acceptors (Lipinski definition) is 7. The molecule has 0 saturated carbocycles. The van der Waals surface area contributed by atoms with Crippen molar-refractivity contribution in [2.45, 2.75) is 25.9 Å². The summed E-state index contributed by atoms with van der Waals surface area (Å²) in [5, 5.41) is 17.3. The minimum Gasteiger partial charge on any atom is -0.393 e. The molecule has 4 rings (SSSR count). The van der Waals surface area contributed by atoms with E-state index in [-0.39, 0.29) is 33.3 Å². The number of nitrogens with zero attached hydrogens (tertiary/aromatic N) is 4. The highest BCUT2D eigenvalue weighted by Crippen LogP contribution is 2.34. The van der Waals surface area contributed by atoms with Gasteiger partial charge in [-0.3, -0.25) is 9.48 Å². The average Bonchev–Trinajstić information content (AvgIpc) is 3.25. The standard InChI is InChI=1S/C21H24F2N6O2S/c1-11-6-8-29(9-7-15(11)30)21-14(10-25-28(21)2)26-19(31)17-18(24)32-20(27-17)16-12(22)4-3-5-13(16)23/h3-5,10-11,15,30H,6-9,24H2,1-2H3,(H,26,31)/t11-,15+/m1/s1. The number of nitrogen functional groups attached to an aromatic ring is 1. The van der Waals surface area contributed by atoms with Gasteiger partial charge < -0.3 is 21.1 Å². The van der Waals surface area contributed by atoms with Gasteiger partial charge in [0.2, 0.25) is 0 Å². The highest BCUT2D eigenvalue weighted by Gasteiger charge is 2.27. The number of aliphatic hydroxyl groups excluding tert-OH is 1. The number of benzene rings is 1. The molecule has 11 heteroatoms. The first-order chi connectivity index (χ1) is 15.3. The number of aliphatic hydroxyl groups is 1. The molecule has 1 aliphatic rings. The van der Waals surface area contributed by atoms with E-state index < -0.39 is 17.5 Å². The lowest BCUT2D eigenvalue weighted by Gasteiger charge is -2.24. The fraction of sp³-hybridized carbons (Fsp3) is 0.381. The first kappa shape index (κ1) is 22.2. The van der Waals surface area contributed by atoms with E-state index in [1.807, 2.05) is 6.92 Å². The van der Waals surface area contributed by atoms with E-state index in [0.29, 0.717) is 31.0 Å². The van der Waals surface area contributed by atoms with Crippen LogP contribution in [0, 0.1) is 17.6 Å². The summed E-state index contributed by atoms with van der Waals surface area (Å²) in [7, 11) is 1.77. The maximum Gasteiger partial charge on any atom is 0.277 e. The molecule has 2 atom stereocenters. The van der Waals surface area contributed by atoms with Gasteiger partial charge in [0, 0.05) is 20.1 Å². The molecular weight excluding hydrogens is 438 g/mol. The molecule has 1 saturated heterocycles. The molecule has 32 heavy (non-hydrogen) atoms. The van der Waals surface area contributed by atoms with Crippen molar-refractivity contribution in [1.29, 1.82) is 0 Å². The molecule has 0 aliphatic carbocycles. The SMILES string of the molecule is C[C@@H]1CCN(c2c(NC(=O)c3nc(-c4c(F)cccc4F)sc3N)cnn2C)CC[C@@H]1O. The fourth-order valence-corrected chi connectivity index (χ4v) is 4.70. The summed E-state index contributed by atoms with van der Waals surface area (Å²) < 4.78 is 29.9. The van der Waals surface area contributed by atoms with Crippen LogP contribution in [0.2, 0.25) is 0 Å². The molecule has 8 nitrogen and oxygen atoms in total. The molecule has 3 aromatic rings. The molecule has 3 heterocycles. The van der Waals surface area contributed by atoms with Gasteiger partial charge in [-0.15, -0.1) is 0 Å².